The molecule has 4 aromatic rings. The number of pyridine rings is 1. The molecule has 1 saturated heterocycles. The quantitative estimate of drug-likeness (QED) is 0.523. The summed E-state index contributed by atoms with van der Waals surface area (Å²) in [5.74, 6) is 0.694. The molecular formula is C20H19FN8OS. The van der Waals surface area contributed by atoms with Crippen LogP contribution >= 0.6 is 11.5 Å². The Morgan fingerprint density at radius 1 is 1.29 bits per heavy atom. The molecule has 1 fully saturated rings. The molecule has 0 bridgehead atoms. The van der Waals surface area contributed by atoms with E-state index in [9.17, 15) is 9.18 Å². The molecule has 0 radical (unpaired) electrons. The van der Waals surface area contributed by atoms with Gasteiger partial charge in [-0.25, -0.2) is 19.3 Å². The number of carbonyl (C=O) groups excluding carboxylic acids is 1. The largest absolute Gasteiger partial charge is 0.365 e. The van der Waals surface area contributed by atoms with Gasteiger partial charge in [0, 0.05) is 31.5 Å². The van der Waals surface area contributed by atoms with E-state index in [1.165, 1.54) is 12.3 Å². The zero-order valence-corrected chi connectivity index (χ0v) is 17.5. The zero-order chi connectivity index (χ0) is 21.4. The molecule has 31 heavy (non-hydrogen) atoms. The van der Waals surface area contributed by atoms with Crippen molar-refractivity contribution in [3.8, 4) is 11.5 Å². The number of anilines is 1. The van der Waals surface area contributed by atoms with Gasteiger partial charge in [-0.2, -0.15) is 0 Å². The molecule has 4 aromatic heterocycles. The standard InChI is InChI=1S/C20H19FN8OS/c1-12-18(31-27-26-12)20(30)28-8-2-3-14(11-28)24-16-6-7-22-19(25-16)15-9-23-17-5-4-13(21)10-29(15)17/h4-7,9-10,14H,2-3,8,11H2,1H3,(H,22,24,25). The van der Waals surface area contributed by atoms with E-state index < -0.39 is 0 Å². The maximum Gasteiger partial charge on any atom is 0.267 e. The van der Waals surface area contributed by atoms with Gasteiger partial charge in [0.15, 0.2) is 5.82 Å². The molecule has 1 aliphatic rings. The lowest BCUT2D eigenvalue weighted by atomic mass is 10.1. The summed E-state index contributed by atoms with van der Waals surface area (Å²) >= 11 is 1.13. The smallest absolute Gasteiger partial charge is 0.267 e. The highest BCUT2D eigenvalue weighted by Gasteiger charge is 2.27. The monoisotopic (exact) mass is 438 g/mol. The Hall–Kier alpha value is -3.47. The van der Waals surface area contributed by atoms with Crippen molar-refractivity contribution in [2.24, 2.45) is 0 Å². The molecule has 1 aliphatic heterocycles. The first-order chi connectivity index (χ1) is 15.1. The van der Waals surface area contributed by atoms with Gasteiger partial charge in [0.05, 0.1) is 11.9 Å². The Morgan fingerprint density at radius 2 is 2.19 bits per heavy atom. The lowest BCUT2D eigenvalue weighted by Gasteiger charge is -2.33. The van der Waals surface area contributed by atoms with Gasteiger partial charge in [0.25, 0.3) is 5.91 Å². The molecule has 0 aliphatic carbocycles. The highest BCUT2D eigenvalue weighted by molar-refractivity contribution is 7.07. The molecule has 158 valence electrons. The molecule has 0 spiro atoms. The summed E-state index contributed by atoms with van der Waals surface area (Å²) in [6.45, 7) is 3.07. The third-order valence-electron chi connectivity index (χ3n) is 5.26. The lowest BCUT2D eigenvalue weighted by Crippen LogP contribution is -2.45. The van der Waals surface area contributed by atoms with Crippen molar-refractivity contribution in [2.75, 3.05) is 18.4 Å². The summed E-state index contributed by atoms with van der Waals surface area (Å²) in [7, 11) is 0. The number of hydrogen-bond acceptors (Lipinski definition) is 8. The van der Waals surface area contributed by atoms with Crippen LogP contribution in [-0.2, 0) is 0 Å². The first kappa shape index (κ1) is 19.5. The van der Waals surface area contributed by atoms with E-state index in [4.69, 9.17) is 0 Å². The fraction of sp³-hybridized carbons (Fsp3) is 0.300. The number of rotatable bonds is 4. The second-order valence-electron chi connectivity index (χ2n) is 7.41. The zero-order valence-electron chi connectivity index (χ0n) is 16.7. The van der Waals surface area contributed by atoms with Gasteiger partial charge in [0.2, 0.25) is 0 Å². The third kappa shape index (κ3) is 3.83. The van der Waals surface area contributed by atoms with Crippen molar-refractivity contribution in [3.63, 3.8) is 0 Å². The minimum atomic E-state index is -0.362. The molecule has 0 aromatic carbocycles. The Kier molecular flexibility index (Phi) is 5.02. The number of hydrogen-bond donors (Lipinski definition) is 1. The summed E-state index contributed by atoms with van der Waals surface area (Å²) in [6.07, 6.45) is 6.45. The van der Waals surface area contributed by atoms with Crippen LogP contribution in [0.4, 0.5) is 10.2 Å². The number of halogens is 1. The fourth-order valence-corrected chi connectivity index (χ4v) is 4.37. The number of amides is 1. The van der Waals surface area contributed by atoms with Crippen LogP contribution in [0.1, 0.15) is 28.2 Å². The van der Waals surface area contributed by atoms with Gasteiger partial charge >= 0.3 is 0 Å². The third-order valence-corrected chi connectivity index (χ3v) is 6.08. The van der Waals surface area contributed by atoms with E-state index >= 15 is 0 Å². The number of imidazole rings is 1. The molecule has 1 N–H and O–H groups in total. The van der Waals surface area contributed by atoms with E-state index in [0.29, 0.717) is 46.6 Å². The molecule has 1 amide bonds. The maximum atomic E-state index is 13.7. The Labute approximate surface area is 181 Å². The first-order valence-corrected chi connectivity index (χ1v) is 10.7. The van der Waals surface area contributed by atoms with Crippen molar-refractivity contribution < 1.29 is 9.18 Å². The number of piperidine rings is 1. The van der Waals surface area contributed by atoms with Crippen LogP contribution in [0.2, 0.25) is 0 Å². The summed E-state index contributed by atoms with van der Waals surface area (Å²) in [5, 5.41) is 7.35. The fourth-order valence-electron chi connectivity index (χ4n) is 3.74. The SMILES string of the molecule is Cc1nnsc1C(=O)N1CCCC(Nc2ccnc(-c3cnc4ccc(F)cn34)n2)C1. The van der Waals surface area contributed by atoms with Crippen LogP contribution < -0.4 is 5.32 Å². The normalized spacial score (nSPS) is 16.6. The Balaban J connectivity index is 1.34. The molecule has 9 nitrogen and oxygen atoms in total. The Morgan fingerprint density at radius 3 is 3.03 bits per heavy atom. The molecular weight excluding hydrogens is 419 g/mol. The first-order valence-electron chi connectivity index (χ1n) is 9.89. The van der Waals surface area contributed by atoms with Crippen molar-refractivity contribution in [2.45, 2.75) is 25.8 Å². The molecule has 1 atom stereocenters. The molecule has 1 unspecified atom stereocenters. The predicted molar refractivity (Wildman–Crippen MR) is 113 cm³/mol. The van der Waals surface area contributed by atoms with Crippen LogP contribution in [0.3, 0.4) is 0 Å². The molecule has 11 heteroatoms. The van der Waals surface area contributed by atoms with Crippen LogP contribution in [0.25, 0.3) is 17.2 Å². The number of aromatic nitrogens is 6. The number of nitrogens with one attached hydrogen (secondary N) is 1. The summed E-state index contributed by atoms with van der Waals surface area (Å²) in [5.41, 5.74) is 1.88. The summed E-state index contributed by atoms with van der Waals surface area (Å²) < 4.78 is 19.2. The van der Waals surface area contributed by atoms with Crippen LogP contribution in [-0.4, -0.2) is 58.9 Å². The number of aryl methyl sites for hydroxylation is 1. The van der Waals surface area contributed by atoms with Crippen molar-refractivity contribution in [1.29, 1.82) is 0 Å². The van der Waals surface area contributed by atoms with Crippen molar-refractivity contribution in [1.82, 2.24) is 33.8 Å². The van der Waals surface area contributed by atoms with E-state index in [1.54, 1.807) is 35.9 Å². The van der Waals surface area contributed by atoms with Crippen molar-refractivity contribution >= 4 is 28.9 Å². The summed E-state index contributed by atoms with van der Waals surface area (Å²) in [4.78, 5) is 28.4. The van der Waals surface area contributed by atoms with E-state index in [2.05, 4.69) is 29.9 Å². The topological polar surface area (TPSA) is 101 Å². The molecule has 0 saturated carbocycles. The maximum absolute atomic E-state index is 13.7. The van der Waals surface area contributed by atoms with Crippen LogP contribution in [0.5, 0.6) is 0 Å². The number of nitrogens with zero attached hydrogens (tertiary/aromatic N) is 7. The van der Waals surface area contributed by atoms with Gasteiger partial charge in [-0.3, -0.25) is 9.20 Å². The van der Waals surface area contributed by atoms with E-state index in [0.717, 1.165) is 24.4 Å². The second-order valence-corrected chi connectivity index (χ2v) is 8.16. The van der Waals surface area contributed by atoms with E-state index in [-0.39, 0.29) is 17.8 Å². The summed E-state index contributed by atoms with van der Waals surface area (Å²) in [6, 6.07) is 4.81. The van der Waals surface area contributed by atoms with Gasteiger partial charge in [-0.05, 0) is 49.5 Å². The predicted octanol–water partition coefficient (Wildman–Crippen LogP) is 2.81. The van der Waals surface area contributed by atoms with Gasteiger partial charge in [-0.15, -0.1) is 5.10 Å². The highest BCUT2D eigenvalue weighted by Crippen LogP contribution is 2.22. The van der Waals surface area contributed by atoms with Crippen LogP contribution in [0.15, 0.2) is 36.8 Å². The highest BCUT2D eigenvalue weighted by atomic mass is 32.1. The minimum Gasteiger partial charge on any atom is -0.365 e. The minimum absolute atomic E-state index is 0.0323. The number of carbonyl (C=O) groups is 1. The van der Waals surface area contributed by atoms with Gasteiger partial charge in [0.1, 0.15) is 27.9 Å². The van der Waals surface area contributed by atoms with Crippen LogP contribution in [0, 0.1) is 12.7 Å². The molecule has 5 heterocycles. The lowest BCUT2D eigenvalue weighted by molar-refractivity contribution is 0.0718. The second kappa shape index (κ2) is 7.99. The average molecular weight is 438 g/mol. The average Bonchev–Trinajstić information content (AvgIpc) is 3.39. The van der Waals surface area contributed by atoms with Crippen molar-refractivity contribution in [3.05, 3.63) is 53.2 Å². The van der Waals surface area contributed by atoms with Gasteiger partial charge < -0.3 is 10.2 Å². The number of fused-ring (bicyclic) bond motifs is 1. The van der Waals surface area contributed by atoms with E-state index in [1.807, 2.05) is 4.90 Å². The number of likely N-dealkylation sites (tertiary alicyclic amines) is 1. The Bertz CT molecular complexity index is 1250. The van der Waals surface area contributed by atoms with Gasteiger partial charge in [-0.1, -0.05) is 4.49 Å². The molecule has 5 rings (SSSR count).